The number of nitro benzene ring substituents is 1. The summed E-state index contributed by atoms with van der Waals surface area (Å²) in [6.45, 7) is 0. The first-order valence-corrected chi connectivity index (χ1v) is 7.94. The summed E-state index contributed by atoms with van der Waals surface area (Å²) in [5.41, 5.74) is 0.376. The number of nitro groups is 1. The zero-order chi connectivity index (χ0) is 19.0. The van der Waals surface area contributed by atoms with E-state index in [1.807, 2.05) is 0 Å². The summed E-state index contributed by atoms with van der Waals surface area (Å²) in [4.78, 5) is 36.2. The number of benzene rings is 2. The van der Waals surface area contributed by atoms with Crippen molar-refractivity contribution in [3.63, 3.8) is 0 Å². The Bertz CT molecular complexity index is 952. The Hall–Kier alpha value is -3.19. The van der Waals surface area contributed by atoms with E-state index >= 15 is 0 Å². The molecule has 0 spiro atoms. The highest BCUT2D eigenvalue weighted by Crippen LogP contribution is 2.39. The molecule has 132 valence electrons. The fraction of sp³-hybridized carbons (Fsp3) is 0.111. The highest BCUT2D eigenvalue weighted by atomic mass is 35.5. The summed E-state index contributed by atoms with van der Waals surface area (Å²) in [5, 5.41) is 22.1. The number of rotatable bonds is 3. The van der Waals surface area contributed by atoms with Crippen molar-refractivity contribution >= 4 is 34.7 Å². The van der Waals surface area contributed by atoms with Crippen molar-refractivity contribution in [3.05, 3.63) is 80.4 Å². The molecule has 1 amide bonds. The van der Waals surface area contributed by atoms with E-state index in [1.165, 1.54) is 37.4 Å². The van der Waals surface area contributed by atoms with Gasteiger partial charge >= 0.3 is 0 Å². The average molecular weight is 373 g/mol. The zero-order valence-corrected chi connectivity index (χ0v) is 14.3. The van der Waals surface area contributed by atoms with Gasteiger partial charge in [0, 0.05) is 29.8 Å². The number of carbonyl (C=O) groups is 2. The zero-order valence-electron chi connectivity index (χ0n) is 13.5. The number of Topliss-reactive ketones (excluding diaryl/α,β-unsaturated/α-hetero) is 1. The Morgan fingerprint density at radius 3 is 2.46 bits per heavy atom. The van der Waals surface area contributed by atoms with Gasteiger partial charge in [0.1, 0.15) is 5.76 Å². The van der Waals surface area contributed by atoms with E-state index in [2.05, 4.69) is 0 Å². The lowest BCUT2D eigenvalue weighted by atomic mass is 9.95. The van der Waals surface area contributed by atoms with Gasteiger partial charge in [0.2, 0.25) is 0 Å². The molecule has 1 heterocycles. The molecule has 26 heavy (non-hydrogen) atoms. The van der Waals surface area contributed by atoms with Gasteiger partial charge in [-0.25, -0.2) is 0 Å². The predicted molar refractivity (Wildman–Crippen MR) is 94.6 cm³/mol. The molecule has 1 N–H and O–H groups in total. The molecule has 0 bridgehead atoms. The molecule has 2 aromatic carbocycles. The molecule has 0 aliphatic carbocycles. The van der Waals surface area contributed by atoms with E-state index in [4.69, 9.17) is 11.6 Å². The van der Waals surface area contributed by atoms with Gasteiger partial charge in [-0.1, -0.05) is 23.7 Å². The molecule has 0 saturated carbocycles. The molecule has 1 unspecified atom stereocenters. The number of amides is 1. The predicted octanol–water partition coefficient (Wildman–Crippen LogP) is 3.30. The lowest BCUT2D eigenvalue weighted by Gasteiger charge is -2.20. The van der Waals surface area contributed by atoms with E-state index in [1.54, 1.807) is 18.2 Å². The SMILES string of the molecule is CN1C(=O)C(=O)/C(=C(/O)c2ccc(Cl)cc2)C1c1cccc([N+](=O)[O-])c1. The number of halogens is 1. The van der Waals surface area contributed by atoms with Crippen molar-refractivity contribution in [3.8, 4) is 0 Å². The van der Waals surface area contributed by atoms with Crippen LogP contribution in [0.2, 0.25) is 5.02 Å². The maximum atomic E-state index is 12.4. The fourth-order valence-corrected chi connectivity index (χ4v) is 3.04. The van der Waals surface area contributed by atoms with Crippen molar-refractivity contribution in [2.75, 3.05) is 7.05 Å². The third-order valence-corrected chi connectivity index (χ3v) is 4.44. The van der Waals surface area contributed by atoms with Crippen molar-refractivity contribution in [2.24, 2.45) is 0 Å². The van der Waals surface area contributed by atoms with E-state index in [-0.39, 0.29) is 17.0 Å². The standard InChI is InChI=1S/C18H13ClN2O5/c1-20-15(11-3-2-4-13(9-11)21(25)26)14(17(23)18(20)24)16(22)10-5-7-12(19)8-6-10/h2-9,15,22H,1H3/b16-14+. The van der Waals surface area contributed by atoms with Crippen LogP contribution in [0.3, 0.4) is 0 Å². The Morgan fingerprint density at radius 2 is 1.85 bits per heavy atom. The van der Waals surface area contributed by atoms with Gasteiger partial charge in [0.15, 0.2) is 0 Å². The third-order valence-electron chi connectivity index (χ3n) is 4.19. The number of hydrogen-bond donors (Lipinski definition) is 1. The maximum Gasteiger partial charge on any atom is 0.295 e. The molecule has 1 fully saturated rings. The van der Waals surface area contributed by atoms with Crippen molar-refractivity contribution in [1.82, 2.24) is 4.90 Å². The molecule has 2 aromatic rings. The third kappa shape index (κ3) is 2.93. The van der Waals surface area contributed by atoms with Gasteiger partial charge in [-0.05, 0) is 29.8 Å². The molecule has 3 rings (SSSR count). The van der Waals surface area contributed by atoms with E-state index < -0.39 is 22.7 Å². The Balaban J connectivity index is 2.18. The van der Waals surface area contributed by atoms with Crippen molar-refractivity contribution in [2.45, 2.75) is 6.04 Å². The molecular weight excluding hydrogens is 360 g/mol. The smallest absolute Gasteiger partial charge is 0.295 e. The summed E-state index contributed by atoms with van der Waals surface area (Å²) in [6, 6.07) is 10.8. The quantitative estimate of drug-likeness (QED) is 0.293. The number of nitrogens with zero attached hydrogens (tertiary/aromatic N) is 2. The lowest BCUT2D eigenvalue weighted by molar-refractivity contribution is -0.384. The van der Waals surface area contributed by atoms with E-state index in [0.717, 1.165) is 4.90 Å². The van der Waals surface area contributed by atoms with Gasteiger partial charge in [-0.3, -0.25) is 19.7 Å². The first-order chi connectivity index (χ1) is 12.3. The molecule has 8 heteroatoms. The van der Waals surface area contributed by atoms with Crippen LogP contribution < -0.4 is 0 Å². The monoisotopic (exact) mass is 372 g/mol. The second-order valence-electron chi connectivity index (χ2n) is 5.77. The maximum absolute atomic E-state index is 12.4. The van der Waals surface area contributed by atoms with Gasteiger partial charge in [0.05, 0.1) is 16.5 Å². The van der Waals surface area contributed by atoms with Crippen LogP contribution in [-0.4, -0.2) is 33.7 Å². The molecule has 1 aliphatic rings. The topological polar surface area (TPSA) is 101 Å². The highest BCUT2D eigenvalue weighted by Gasteiger charge is 2.44. The van der Waals surface area contributed by atoms with Crippen LogP contribution in [0.5, 0.6) is 0 Å². The lowest BCUT2D eigenvalue weighted by Crippen LogP contribution is -2.24. The van der Waals surface area contributed by atoms with Gasteiger partial charge in [0.25, 0.3) is 17.4 Å². The second-order valence-corrected chi connectivity index (χ2v) is 6.21. The summed E-state index contributed by atoms with van der Waals surface area (Å²) in [5.74, 6) is -2.01. The Kier molecular flexibility index (Phi) is 4.48. The number of aliphatic hydroxyl groups is 1. The fourth-order valence-electron chi connectivity index (χ4n) is 2.91. The number of hydrogen-bond acceptors (Lipinski definition) is 5. The average Bonchev–Trinajstić information content (AvgIpc) is 2.86. The first-order valence-electron chi connectivity index (χ1n) is 7.56. The highest BCUT2D eigenvalue weighted by molar-refractivity contribution is 6.46. The summed E-state index contributed by atoms with van der Waals surface area (Å²) >= 11 is 5.83. The number of carbonyl (C=O) groups excluding carboxylic acids is 2. The van der Waals surface area contributed by atoms with Gasteiger partial charge in [-0.15, -0.1) is 0 Å². The largest absolute Gasteiger partial charge is 0.507 e. The minimum Gasteiger partial charge on any atom is -0.507 e. The van der Waals surface area contributed by atoms with Crippen LogP contribution >= 0.6 is 11.6 Å². The molecular formula is C18H13ClN2O5. The normalized spacial score (nSPS) is 19.0. The number of likely N-dealkylation sites (N-methyl/N-ethyl adjacent to an activating group) is 1. The molecule has 1 saturated heterocycles. The Morgan fingerprint density at radius 1 is 1.19 bits per heavy atom. The molecule has 0 radical (unpaired) electrons. The van der Waals surface area contributed by atoms with E-state index in [9.17, 15) is 24.8 Å². The molecule has 0 aromatic heterocycles. The molecule has 1 atom stereocenters. The van der Waals surface area contributed by atoms with Gasteiger partial charge < -0.3 is 10.0 Å². The van der Waals surface area contributed by atoms with Crippen LogP contribution in [-0.2, 0) is 9.59 Å². The van der Waals surface area contributed by atoms with Crippen LogP contribution in [0.1, 0.15) is 17.2 Å². The summed E-state index contributed by atoms with van der Waals surface area (Å²) in [6.07, 6.45) is 0. The second kappa shape index (κ2) is 6.61. The van der Waals surface area contributed by atoms with Gasteiger partial charge in [-0.2, -0.15) is 0 Å². The van der Waals surface area contributed by atoms with Crippen LogP contribution in [0, 0.1) is 10.1 Å². The minimum atomic E-state index is -0.925. The number of likely N-dealkylation sites (tertiary alicyclic amines) is 1. The number of non-ortho nitro benzene ring substituents is 1. The Labute approximate surface area is 153 Å². The van der Waals surface area contributed by atoms with Crippen LogP contribution in [0.25, 0.3) is 5.76 Å². The molecule has 1 aliphatic heterocycles. The van der Waals surface area contributed by atoms with Crippen molar-refractivity contribution < 1.29 is 19.6 Å². The molecule has 7 nitrogen and oxygen atoms in total. The van der Waals surface area contributed by atoms with Crippen molar-refractivity contribution in [1.29, 1.82) is 0 Å². The van der Waals surface area contributed by atoms with Crippen LogP contribution in [0.4, 0.5) is 5.69 Å². The summed E-state index contributed by atoms with van der Waals surface area (Å²) < 4.78 is 0. The first kappa shape index (κ1) is 17.6. The van der Waals surface area contributed by atoms with E-state index in [0.29, 0.717) is 16.1 Å². The number of aliphatic hydroxyl groups excluding tert-OH is 1. The summed E-state index contributed by atoms with van der Waals surface area (Å²) in [7, 11) is 1.41. The minimum absolute atomic E-state index is 0.125. The number of ketones is 1. The van der Waals surface area contributed by atoms with Crippen LogP contribution in [0.15, 0.2) is 54.1 Å².